The predicted octanol–water partition coefficient (Wildman–Crippen LogP) is 1.71. The van der Waals surface area contributed by atoms with E-state index in [9.17, 15) is 18.1 Å². The van der Waals surface area contributed by atoms with Gasteiger partial charge in [-0.3, -0.25) is 4.55 Å². The van der Waals surface area contributed by atoms with Crippen molar-refractivity contribution in [3.63, 3.8) is 0 Å². The van der Waals surface area contributed by atoms with Crippen LogP contribution >= 0.6 is 0 Å². The number of aryl methyl sites for hydroxylation is 1. The zero-order chi connectivity index (χ0) is 19.0. The summed E-state index contributed by atoms with van der Waals surface area (Å²) in [5.41, 5.74) is 0.608. The van der Waals surface area contributed by atoms with E-state index in [2.05, 4.69) is 6.92 Å². The summed E-state index contributed by atoms with van der Waals surface area (Å²) >= 11 is 0. The van der Waals surface area contributed by atoms with Crippen LogP contribution in [0.25, 0.3) is 0 Å². The van der Waals surface area contributed by atoms with Gasteiger partial charge in [0.2, 0.25) is 0 Å². The van der Waals surface area contributed by atoms with Crippen molar-refractivity contribution < 1.29 is 74.2 Å². The third-order valence-electron chi connectivity index (χ3n) is 4.18. The van der Waals surface area contributed by atoms with Crippen LogP contribution in [-0.2, 0) is 16.5 Å². The van der Waals surface area contributed by atoms with Crippen molar-refractivity contribution >= 4 is 10.1 Å². The Bertz CT molecular complexity index is 807. The molecule has 0 bridgehead atoms. The van der Waals surface area contributed by atoms with E-state index in [0.29, 0.717) is 17.7 Å². The molecule has 27 heavy (non-hydrogen) atoms. The molecule has 0 radical (unpaired) electrons. The summed E-state index contributed by atoms with van der Waals surface area (Å²) in [4.78, 5) is -0.690. The summed E-state index contributed by atoms with van der Waals surface area (Å²) in [5, 5.41) is 12.1. The largest absolute Gasteiger partial charge is 1.00 e. The van der Waals surface area contributed by atoms with Gasteiger partial charge in [-0.05, 0) is 30.5 Å². The monoisotopic (exact) mass is 416 g/mol. The first-order valence-corrected chi connectivity index (χ1v) is 10.4. The van der Waals surface area contributed by atoms with Crippen molar-refractivity contribution in [2.24, 2.45) is 0 Å². The maximum absolute atomic E-state index is 12.1. The van der Waals surface area contributed by atoms with Gasteiger partial charge in [-0.25, -0.2) is 0 Å². The molecule has 0 fully saturated rings. The fraction of sp³-hybridized carbons (Fsp3) is 0.400. The third-order valence-corrected chi connectivity index (χ3v) is 5.08. The standard InChI is InChI=1S/C20H26O5S.K/c1-2-3-4-5-6-8-11-16-14-15-18(21)20(26(22,23)24)19(16)25-17-12-9-7-10-13-17;/h7,9-10,12-15,21H,2-6,8,11H2,1H3,(H,22,23,24);/q;+1/p-1. The minimum atomic E-state index is -4.69. The average Bonchev–Trinajstić information content (AvgIpc) is 2.59. The number of ether oxygens (including phenoxy) is 1. The van der Waals surface area contributed by atoms with Crippen LogP contribution in [0.5, 0.6) is 17.2 Å². The van der Waals surface area contributed by atoms with Gasteiger partial charge in [0.1, 0.15) is 10.6 Å². The molecule has 0 aliphatic heterocycles. The van der Waals surface area contributed by atoms with Crippen LogP contribution in [0, 0.1) is 0 Å². The molecule has 0 saturated heterocycles. The van der Waals surface area contributed by atoms with E-state index < -0.39 is 20.8 Å². The van der Waals surface area contributed by atoms with Gasteiger partial charge in [0.05, 0.1) is 0 Å². The summed E-state index contributed by atoms with van der Waals surface area (Å²) in [6, 6.07) is 11.4. The fourth-order valence-corrected chi connectivity index (χ4v) is 3.57. The summed E-state index contributed by atoms with van der Waals surface area (Å²) in [7, 11) is -4.69. The minimum absolute atomic E-state index is 0. The van der Waals surface area contributed by atoms with E-state index in [1.165, 1.54) is 25.3 Å². The normalized spacial score (nSPS) is 11.0. The number of rotatable bonds is 10. The summed E-state index contributed by atoms with van der Waals surface area (Å²) < 4.78 is 38.7. The van der Waals surface area contributed by atoms with E-state index in [1.54, 1.807) is 36.4 Å². The first-order chi connectivity index (χ1) is 12.4. The fourth-order valence-electron chi connectivity index (χ4n) is 2.84. The van der Waals surface area contributed by atoms with E-state index >= 15 is 0 Å². The topological polar surface area (TPSA) is 86.7 Å². The van der Waals surface area contributed by atoms with E-state index in [4.69, 9.17) is 4.74 Å². The van der Waals surface area contributed by atoms with Gasteiger partial charge in [0, 0.05) is 0 Å². The second kappa shape index (κ2) is 12.2. The molecule has 5 nitrogen and oxygen atoms in total. The second-order valence-corrected chi connectivity index (χ2v) is 7.65. The number of benzene rings is 2. The zero-order valence-electron chi connectivity index (χ0n) is 16.0. The van der Waals surface area contributed by atoms with Crippen molar-refractivity contribution in [2.45, 2.75) is 56.8 Å². The van der Waals surface area contributed by atoms with Gasteiger partial charge in [0.15, 0.2) is 5.75 Å². The molecule has 0 aromatic heterocycles. The molecule has 0 unspecified atom stereocenters. The van der Waals surface area contributed by atoms with Crippen LogP contribution in [0.15, 0.2) is 47.4 Å². The van der Waals surface area contributed by atoms with Crippen molar-refractivity contribution in [1.82, 2.24) is 0 Å². The Morgan fingerprint density at radius 3 is 2.22 bits per heavy atom. The first kappa shape index (κ1) is 24.6. The summed E-state index contributed by atoms with van der Waals surface area (Å²) in [6.45, 7) is 2.16. The summed E-state index contributed by atoms with van der Waals surface area (Å²) in [6.07, 6.45) is 7.14. The van der Waals surface area contributed by atoms with E-state index in [0.717, 1.165) is 19.3 Å². The smallest absolute Gasteiger partial charge is 0.871 e. The molecule has 2 aromatic rings. The Balaban J connectivity index is 0.00000364. The van der Waals surface area contributed by atoms with E-state index in [1.807, 2.05) is 0 Å². The number of para-hydroxylation sites is 1. The molecular formula is C20H25KO5S. The second-order valence-electron chi connectivity index (χ2n) is 6.29. The SMILES string of the molecule is CCCCCCCCc1ccc([O-])c(S(=O)(=O)O)c1Oc1ccccc1.[K+]. The molecule has 0 heterocycles. The zero-order valence-corrected chi connectivity index (χ0v) is 19.9. The maximum atomic E-state index is 12.1. The van der Waals surface area contributed by atoms with Crippen LogP contribution in [-0.4, -0.2) is 13.0 Å². The Morgan fingerprint density at radius 1 is 0.963 bits per heavy atom. The van der Waals surface area contributed by atoms with Crippen LogP contribution in [0.3, 0.4) is 0 Å². The van der Waals surface area contributed by atoms with Crippen LogP contribution in [0.4, 0.5) is 0 Å². The van der Waals surface area contributed by atoms with Gasteiger partial charge < -0.3 is 9.84 Å². The molecule has 0 spiro atoms. The van der Waals surface area contributed by atoms with E-state index in [-0.39, 0.29) is 57.1 Å². The third kappa shape index (κ3) is 7.85. The van der Waals surface area contributed by atoms with Crippen LogP contribution in [0.2, 0.25) is 0 Å². The van der Waals surface area contributed by atoms with Gasteiger partial charge in [-0.1, -0.05) is 75.1 Å². The van der Waals surface area contributed by atoms with Crippen LogP contribution in [0.1, 0.15) is 51.0 Å². The first-order valence-electron chi connectivity index (χ1n) is 8.96. The predicted molar refractivity (Wildman–Crippen MR) is 99.3 cm³/mol. The molecular weight excluding hydrogens is 391 g/mol. The molecule has 1 N–H and O–H groups in total. The number of hydrogen-bond acceptors (Lipinski definition) is 4. The molecule has 0 atom stereocenters. The van der Waals surface area contributed by atoms with Gasteiger partial charge in [0.25, 0.3) is 10.1 Å². The molecule has 0 aliphatic rings. The van der Waals surface area contributed by atoms with Crippen molar-refractivity contribution in [3.05, 3.63) is 48.0 Å². The van der Waals surface area contributed by atoms with Crippen molar-refractivity contribution in [1.29, 1.82) is 0 Å². The number of unbranched alkanes of at least 4 members (excludes halogenated alkanes) is 5. The summed E-state index contributed by atoms with van der Waals surface area (Å²) in [5.74, 6) is -0.433. The Hall–Kier alpha value is -0.414. The van der Waals surface area contributed by atoms with Crippen molar-refractivity contribution in [3.8, 4) is 17.2 Å². The van der Waals surface area contributed by atoms with Gasteiger partial charge >= 0.3 is 51.4 Å². The molecule has 2 rings (SSSR count). The van der Waals surface area contributed by atoms with Crippen molar-refractivity contribution in [2.75, 3.05) is 0 Å². The Morgan fingerprint density at radius 2 is 1.59 bits per heavy atom. The van der Waals surface area contributed by atoms with Gasteiger partial charge in [-0.2, -0.15) is 8.42 Å². The average molecular weight is 417 g/mol. The molecule has 7 heteroatoms. The quantitative estimate of drug-likeness (QED) is 0.362. The Kier molecular flexibility index (Phi) is 11.1. The number of hydrogen-bond donors (Lipinski definition) is 1. The Labute approximate surface area is 204 Å². The van der Waals surface area contributed by atoms with Crippen LogP contribution < -0.4 is 61.2 Å². The molecule has 142 valence electrons. The van der Waals surface area contributed by atoms with Gasteiger partial charge in [-0.15, -0.1) is 0 Å². The maximum Gasteiger partial charge on any atom is 1.00 e. The molecule has 2 aromatic carbocycles. The minimum Gasteiger partial charge on any atom is -0.871 e. The molecule has 0 saturated carbocycles. The molecule has 0 aliphatic carbocycles. The molecule has 0 amide bonds.